The zero-order valence-corrected chi connectivity index (χ0v) is 13.7. The van der Waals surface area contributed by atoms with Gasteiger partial charge in [0.25, 0.3) is 5.56 Å². The molecule has 0 spiro atoms. The number of hydrogen-bond donors (Lipinski definition) is 2. The van der Waals surface area contributed by atoms with Crippen molar-refractivity contribution in [3.8, 4) is 5.88 Å². The molecule has 1 aliphatic rings. The van der Waals surface area contributed by atoms with Crippen LogP contribution in [0.25, 0.3) is 11.6 Å². The molecule has 2 heterocycles. The van der Waals surface area contributed by atoms with Crippen molar-refractivity contribution in [2.24, 2.45) is 4.99 Å². The summed E-state index contributed by atoms with van der Waals surface area (Å²) in [4.78, 5) is 19.2. The average molecular weight is 327 g/mol. The third-order valence-electron chi connectivity index (χ3n) is 4.04. The van der Waals surface area contributed by atoms with Crippen LogP contribution in [0.5, 0.6) is 5.88 Å². The van der Waals surface area contributed by atoms with Gasteiger partial charge in [-0.05, 0) is 37.7 Å². The Labute approximate surface area is 138 Å². The van der Waals surface area contributed by atoms with E-state index in [-0.39, 0.29) is 22.3 Å². The highest BCUT2D eigenvalue weighted by molar-refractivity contribution is 7.71. The number of H-pyrrole nitrogens is 1. The summed E-state index contributed by atoms with van der Waals surface area (Å²) in [6.07, 6.45) is 4.13. The zero-order valence-electron chi connectivity index (χ0n) is 12.9. The Hall–Kier alpha value is -2.47. The minimum absolute atomic E-state index is 0.0129. The summed E-state index contributed by atoms with van der Waals surface area (Å²) in [7, 11) is 0. The molecule has 118 valence electrons. The summed E-state index contributed by atoms with van der Waals surface area (Å²) < 4.78 is 1.80. The second-order valence-electron chi connectivity index (χ2n) is 5.50. The fourth-order valence-electron chi connectivity index (χ4n) is 2.58. The summed E-state index contributed by atoms with van der Waals surface area (Å²) >= 11 is 5.18. The fraction of sp³-hybridized carbons (Fsp3) is 0.235. The van der Waals surface area contributed by atoms with Crippen molar-refractivity contribution in [3.63, 3.8) is 0 Å². The first-order valence-corrected chi connectivity index (χ1v) is 7.86. The van der Waals surface area contributed by atoms with E-state index in [1.807, 2.05) is 38.1 Å². The molecule has 1 aromatic heterocycles. The predicted octanol–water partition coefficient (Wildman–Crippen LogP) is 3.84. The molecule has 1 atom stereocenters. The minimum Gasteiger partial charge on any atom is -0.494 e. The Morgan fingerprint density at radius 1 is 1.43 bits per heavy atom. The van der Waals surface area contributed by atoms with Gasteiger partial charge >= 0.3 is 0 Å². The molecule has 0 aliphatic carbocycles. The van der Waals surface area contributed by atoms with Crippen LogP contribution in [0.1, 0.15) is 37.4 Å². The van der Waals surface area contributed by atoms with Crippen molar-refractivity contribution in [2.75, 3.05) is 0 Å². The van der Waals surface area contributed by atoms with E-state index < -0.39 is 5.56 Å². The topological polar surface area (TPSA) is 70.4 Å². The highest BCUT2D eigenvalue weighted by Gasteiger charge is 2.17. The summed E-state index contributed by atoms with van der Waals surface area (Å²) in [6.45, 7) is 3.94. The Kier molecular flexibility index (Phi) is 4.00. The van der Waals surface area contributed by atoms with E-state index >= 15 is 0 Å². The molecule has 0 fully saturated rings. The quantitative estimate of drug-likeness (QED) is 0.842. The molecule has 0 amide bonds. The van der Waals surface area contributed by atoms with Gasteiger partial charge in [-0.3, -0.25) is 19.3 Å². The second-order valence-corrected chi connectivity index (χ2v) is 5.89. The maximum absolute atomic E-state index is 12.2. The van der Waals surface area contributed by atoms with E-state index in [1.54, 1.807) is 16.9 Å². The SMILES string of the molecule is CCC(C)n1c(O)c(/C=C2\C=Nc3ccccc32)c(=O)[nH]c1=S. The standard InChI is InChI=1S/C17H17N3O2S/c1-3-10(2)20-16(22)13(15(21)19-17(20)23)8-11-9-18-14-7-5-4-6-12(11)14/h4-10,22H,3H2,1-2H3,(H,19,21,23)/b11-8+. The van der Waals surface area contributed by atoms with Crippen LogP contribution in [-0.2, 0) is 0 Å². The Morgan fingerprint density at radius 2 is 2.17 bits per heavy atom. The van der Waals surface area contributed by atoms with Crippen LogP contribution >= 0.6 is 12.2 Å². The monoisotopic (exact) mass is 327 g/mol. The smallest absolute Gasteiger partial charge is 0.262 e. The maximum atomic E-state index is 12.2. The molecule has 23 heavy (non-hydrogen) atoms. The third kappa shape index (κ3) is 2.66. The minimum atomic E-state index is -0.405. The van der Waals surface area contributed by atoms with Gasteiger partial charge in [-0.1, -0.05) is 25.1 Å². The number of nitrogens with zero attached hydrogens (tertiary/aromatic N) is 2. The van der Waals surface area contributed by atoms with Crippen molar-refractivity contribution >= 4 is 35.8 Å². The maximum Gasteiger partial charge on any atom is 0.262 e. The third-order valence-corrected chi connectivity index (χ3v) is 4.34. The number of fused-ring (bicyclic) bond motifs is 1. The first-order valence-electron chi connectivity index (χ1n) is 7.46. The molecule has 0 bridgehead atoms. The van der Waals surface area contributed by atoms with Gasteiger partial charge in [0.1, 0.15) is 5.56 Å². The highest BCUT2D eigenvalue weighted by atomic mass is 32.1. The second kappa shape index (κ2) is 5.96. The number of para-hydroxylation sites is 1. The predicted molar refractivity (Wildman–Crippen MR) is 95.0 cm³/mol. The number of aromatic amines is 1. The molecular formula is C17H17N3O2S. The van der Waals surface area contributed by atoms with Crippen LogP contribution < -0.4 is 5.56 Å². The molecule has 2 N–H and O–H groups in total. The molecule has 1 aliphatic heterocycles. The van der Waals surface area contributed by atoms with Gasteiger partial charge in [-0.2, -0.15) is 0 Å². The van der Waals surface area contributed by atoms with Gasteiger partial charge in [-0.15, -0.1) is 0 Å². The summed E-state index contributed by atoms with van der Waals surface area (Å²) in [5.74, 6) is -0.113. The molecule has 0 radical (unpaired) electrons. The Morgan fingerprint density at radius 3 is 2.91 bits per heavy atom. The normalized spacial score (nSPS) is 15.8. The lowest BCUT2D eigenvalue weighted by Crippen LogP contribution is -2.18. The molecule has 2 aromatic rings. The van der Waals surface area contributed by atoms with E-state index in [2.05, 4.69) is 9.98 Å². The average Bonchev–Trinajstić information content (AvgIpc) is 2.94. The van der Waals surface area contributed by atoms with Crippen LogP contribution in [0.3, 0.4) is 0 Å². The van der Waals surface area contributed by atoms with Gasteiger partial charge in [0.15, 0.2) is 4.77 Å². The largest absolute Gasteiger partial charge is 0.494 e. The number of aliphatic imine (C=N–C) groups is 1. The lowest BCUT2D eigenvalue weighted by molar-refractivity contribution is 0.371. The van der Waals surface area contributed by atoms with Crippen molar-refractivity contribution < 1.29 is 5.11 Å². The molecule has 0 saturated carbocycles. The molecule has 0 saturated heterocycles. The van der Waals surface area contributed by atoms with Crippen LogP contribution in [-0.4, -0.2) is 20.9 Å². The van der Waals surface area contributed by atoms with Crippen molar-refractivity contribution in [1.82, 2.24) is 9.55 Å². The van der Waals surface area contributed by atoms with Gasteiger partial charge in [-0.25, -0.2) is 0 Å². The van der Waals surface area contributed by atoms with Crippen molar-refractivity contribution in [1.29, 1.82) is 0 Å². The van der Waals surface area contributed by atoms with Gasteiger partial charge in [0.2, 0.25) is 5.88 Å². The lowest BCUT2D eigenvalue weighted by atomic mass is 10.1. The zero-order chi connectivity index (χ0) is 16.6. The van der Waals surface area contributed by atoms with E-state index in [0.29, 0.717) is 0 Å². The highest BCUT2D eigenvalue weighted by Crippen LogP contribution is 2.33. The Balaban J connectivity index is 2.19. The van der Waals surface area contributed by atoms with Crippen LogP contribution in [0.2, 0.25) is 0 Å². The molecule has 1 aromatic carbocycles. The van der Waals surface area contributed by atoms with E-state index in [0.717, 1.165) is 23.2 Å². The summed E-state index contributed by atoms with van der Waals surface area (Å²) in [6, 6.07) is 7.65. The number of benzene rings is 1. The van der Waals surface area contributed by atoms with E-state index in [1.165, 1.54) is 0 Å². The van der Waals surface area contributed by atoms with Crippen LogP contribution in [0.4, 0.5) is 5.69 Å². The lowest BCUT2D eigenvalue weighted by Gasteiger charge is -2.17. The Bertz CT molecular complexity index is 938. The summed E-state index contributed by atoms with van der Waals surface area (Å²) in [5.41, 5.74) is 2.36. The number of hydrogen-bond acceptors (Lipinski definition) is 4. The number of allylic oxidation sites excluding steroid dienone is 1. The number of aromatic nitrogens is 2. The molecular weight excluding hydrogens is 310 g/mol. The van der Waals surface area contributed by atoms with Crippen molar-refractivity contribution in [2.45, 2.75) is 26.3 Å². The molecule has 6 heteroatoms. The first-order chi connectivity index (χ1) is 11.0. The van der Waals surface area contributed by atoms with Gasteiger partial charge < -0.3 is 5.11 Å². The van der Waals surface area contributed by atoms with Crippen molar-refractivity contribution in [3.05, 3.63) is 50.5 Å². The molecule has 3 rings (SSSR count). The van der Waals surface area contributed by atoms with Crippen LogP contribution in [0.15, 0.2) is 34.1 Å². The van der Waals surface area contributed by atoms with E-state index in [4.69, 9.17) is 12.2 Å². The van der Waals surface area contributed by atoms with E-state index in [9.17, 15) is 9.90 Å². The fourth-order valence-corrected chi connectivity index (χ4v) is 2.94. The number of aromatic hydroxyl groups is 1. The van der Waals surface area contributed by atoms with Crippen LogP contribution in [0, 0.1) is 4.77 Å². The summed E-state index contributed by atoms with van der Waals surface area (Å²) in [5, 5.41) is 10.5. The van der Waals surface area contributed by atoms with Gasteiger partial charge in [0, 0.05) is 23.4 Å². The van der Waals surface area contributed by atoms with Gasteiger partial charge in [0.05, 0.1) is 5.69 Å². The molecule has 1 unspecified atom stereocenters. The number of rotatable bonds is 3. The molecule has 5 nitrogen and oxygen atoms in total. The first kappa shape index (κ1) is 15.4. The number of nitrogens with one attached hydrogen (secondary N) is 1.